The zero-order chi connectivity index (χ0) is 64.6. The second-order valence-electron chi connectivity index (χ2n) is 25.7. The molecule has 0 spiro atoms. The number of nitrogens with one attached hydrogen (secondary N) is 5. The summed E-state index contributed by atoms with van der Waals surface area (Å²) in [5, 5.41) is 47.8. The van der Waals surface area contributed by atoms with E-state index >= 15 is 0 Å². The minimum atomic E-state index is -1.11. The molecule has 6 aliphatic rings. The molecule has 4 aromatic rings. The molecule has 27 nitrogen and oxygen atoms in total. The fourth-order valence-electron chi connectivity index (χ4n) is 11.8. The normalized spacial score (nSPS) is 19.7. The van der Waals surface area contributed by atoms with Crippen molar-refractivity contribution in [1.82, 2.24) is 60.4 Å². The molecule has 10 rings (SSSR count). The predicted octanol–water partition coefficient (Wildman–Crippen LogP) is 2.25. The number of nitrogens with zero attached hydrogens (tertiary/aromatic N) is 11. The van der Waals surface area contributed by atoms with Gasteiger partial charge >= 0.3 is 6.09 Å². The summed E-state index contributed by atoms with van der Waals surface area (Å²) >= 11 is 0. The van der Waals surface area contributed by atoms with Gasteiger partial charge < -0.3 is 75.7 Å². The topological polar surface area (TPSA) is 308 Å². The second-order valence-corrected chi connectivity index (χ2v) is 25.7. The fraction of sp³-hybridized carbons (Fsp3) is 0.603. The third kappa shape index (κ3) is 17.4. The van der Waals surface area contributed by atoms with E-state index in [-0.39, 0.29) is 79.4 Å². The molecule has 4 atom stereocenters. The Morgan fingerprint density at radius 3 is 1.63 bits per heavy atom. The van der Waals surface area contributed by atoms with E-state index in [1.807, 2.05) is 24.3 Å². The molecule has 90 heavy (non-hydrogen) atoms. The standard InChI is InChI=1S/C35H52N8O7.C28H40N8O4/c1-22(2)40-10-12-41(13-11-40)33-38-28(16-31(39-33)37-26-19-42(20-26)23(3)44)32(46)36-17-30(45)29-15-24-8-9-27(49-21-48-7)14-25(24)18-43(29)34(47)50-35(4,5)6;1-17(2)34-6-8-35(9-7-34)28-32-24(12-26(33-28)31-21-15-36(16-21)18(3)37)27(40)30-14-25(39)23-11-19-4-5-22(38)10-20(19)13-29-23/h8-9,14,16,22,26,29-30,45H,10-13,15,17-21H2,1-7H3,(H,36,46)(H,37,38,39);4-5,10,12,17,21,23,25,29,38-39H,6-9,11,13-16H2,1-3H3,(H,30,40)(H,31,32,33)/t29-,30+;23-,25+/m00/s1. The lowest BCUT2D eigenvalue weighted by Gasteiger charge is -2.40. The largest absolute Gasteiger partial charge is 0.508 e. The molecule has 27 heteroatoms. The number of aromatic nitrogens is 4. The number of carbonyl (C=O) groups excluding carboxylic acids is 5. The van der Waals surface area contributed by atoms with E-state index in [9.17, 15) is 39.3 Å². The molecule has 0 saturated carbocycles. The van der Waals surface area contributed by atoms with E-state index in [4.69, 9.17) is 24.2 Å². The summed E-state index contributed by atoms with van der Waals surface area (Å²) in [6.45, 7) is 26.6. The number of phenols is 1. The Morgan fingerprint density at radius 2 is 1.14 bits per heavy atom. The van der Waals surface area contributed by atoms with Crippen LogP contribution in [0, 0.1) is 0 Å². The number of rotatable bonds is 19. The molecule has 5 amide bonds. The molecule has 2 aromatic carbocycles. The average Bonchev–Trinajstić information content (AvgIpc) is 0.918. The highest BCUT2D eigenvalue weighted by Crippen LogP contribution is 2.31. The molecule has 490 valence electrons. The number of likely N-dealkylation sites (tertiary alicyclic amines) is 2. The van der Waals surface area contributed by atoms with Gasteiger partial charge in [0.15, 0.2) is 6.79 Å². The van der Waals surface area contributed by atoms with Crippen molar-refractivity contribution in [1.29, 1.82) is 0 Å². The van der Waals surface area contributed by atoms with Crippen LogP contribution >= 0.6 is 0 Å². The van der Waals surface area contributed by atoms with E-state index in [1.165, 1.54) is 4.90 Å². The van der Waals surface area contributed by atoms with Gasteiger partial charge in [-0.15, -0.1) is 0 Å². The van der Waals surface area contributed by atoms with Gasteiger partial charge in [0.25, 0.3) is 11.8 Å². The number of hydrogen-bond acceptors (Lipinski definition) is 22. The van der Waals surface area contributed by atoms with E-state index < -0.39 is 35.9 Å². The van der Waals surface area contributed by atoms with Crippen LogP contribution in [-0.2, 0) is 45.0 Å². The predicted molar refractivity (Wildman–Crippen MR) is 339 cm³/mol. The number of aliphatic hydroxyl groups is 2. The van der Waals surface area contributed by atoms with Gasteiger partial charge in [0, 0.05) is 156 Å². The van der Waals surface area contributed by atoms with E-state index in [0.29, 0.717) is 100 Å². The van der Waals surface area contributed by atoms with Crippen LogP contribution in [0.5, 0.6) is 11.5 Å². The van der Waals surface area contributed by atoms with Gasteiger partial charge in [0.2, 0.25) is 23.7 Å². The first kappa shape index (κ1) is 66.7. The fourth-order valence-corrected chi connectivity index (χ4v) is 11.8. The van der Waals surface area contributed by atoms with Crippen LogP contribution < -0.4 is 41.1 Å². The summed E-state index contributed by atoms with van der Waals surface area (Å²) in [6.07, 6.45) is -1.53. The van der Waals surface area contributed by atoms with E-state index in [1.54, 1.807) is 75.8 Å². The number of fused-ring (bicyclic) bond motifs is 2. The molecular weight excluding hydrogens is 1160 g/mol. The third-order valence-electron chi connectivity index (χ3n) is 17.3. The zero-order valence-electron chi connectivity index (χ0n) is 53.7. The summed E-state index contributed by atoms with van der Waals surface area (Å²) < 4.78 is 16.3. The Bertz CT molecular complexity index is 3160. The Hall–Kier alpha value is -7.69. The first-order valence-corrected chi connectivity index (χ1v) is 31.4. The Balaban J connectivity index is 0.000000219. The maximum atomic E-state index is 13.6. The number of carbonyl (C=O) groups is 5. The van der Waals surface area contributed by atoms with Crippen LogP contribution in [0.3, 0.4) is 0 Å². The van der Waals surface area contributed by atoms with Gasteiger partial charge in [0.1, 0.15) is 40.1 Å². The van der Waals surface area contributed by atoms with Crippen molar-refractivity contribution >= 4 is 53.3 Å². The van der Waals surface area contributed by atoms with Crippen molar-refractivity contribution in [2.45, 2.75) is 142 Å². The maximum absolute atomic E-state index is 13.6. The molecule has 0 unspecified atom stereocenters. The summed E-state index contributed by atoms with van der Waals surface area (Å²) in [4.78, 5) is 96.3. The number of methoxy groups -OCH3 is 1. The second kappa shape index (κ2) is 29.5. The molecule has 8 N–H and O–H groups in total. The highest BCUT2D eigenvalue weighted by atomic mass is 16.7. The Labute approximate surface area is 527 Å². The number of phenolic OH excluding ortho intramolecular Hbond substituents is 1. The molecular formula is C63H92N16O11. The summed E-state index contributed by atoms with van der Waals surface area (Å²) in [7, 11) is 1.54. The number of benzene rings is 2. The number of aromatic hydroxyl groups is 1. The molecule has 4 saturated heterocycles. The van der Waals surface area contributed by atoms with Crippen molar-refractivity contribution in [3.8, 4) is 11.5 Å². The van der Waals surface area contributed by atoms with Crippen LogP contribution in [0.25, 0.3) is 0 Å². The minimum Gasteiger partial charge on any atom is -0.508 e. The van der Waals surface area contributed by atoms with E-state index in [2.05, 4.69) is 83.8 Å². The van der Waals surface area contributed by atoms with E-state index in [0.717, 1.165) is 61.5 Å². The number of anilines is 4. The van der Waals surface area contributed by atoms with Crippen LogP contribution in [-0.4, -0.2) is 249 Å². The van der Waals surface area contributed by atoms with Gasteiger partial charge in [-0.2, -0.15) is 9.97 Å². The van der Waals surface area contributed by atoms with Crippen molar-refractivity contribution < 1.29 is 53.5 Å². The minimum absolute atomic E-state index is 0.00723. The molecule has 4 fully saturated rings. The lowest BCUT2D eigenvalue weighted by molar-refractivity contribution is -0.133. The highest BCUT2D eigenvalue weighted by molar-refractivity contribution is 5.94. The number of amides is 5. The van der Waals surface area contributed by atoms with Crippen molar-refractivity contribution in [2.24, 2.45) is 0 Å². The van der Waals surface area contributed by atoms with Crippen molar-refractivity contribution in [3.05, 3.63) is 82.2 Å². The average molecular weight is 1250 g/mol. The number of ether oxygens (including phenoxy) is 3. The van der Waals surface area contributed by atoms with Crippen LogP contribution in [0.1, 0.15) is 106 Å². The summed E-state index contributed by atoms with van der Waals surface area (Å²) in [5.41, 5.74) is 3.54. The molecule has 0 radical (unpaired) electrons. The number of aliphatic hydroxyl groups excluding tert-OH is 2. The maximum Gasteiger partial charge on any atom is 0.410 e. The van der Waals surface area contributed by atoms with Crippen LogP contribution in [0.2, 0.25) is 0 Å². The number of hydrogen-bond donors (Lipinski definition) is 8. The third-order valence-corrected chi connectivity index (χ3v) is 17.3. The van der Waals surface area contributed by atoms with Crippen molar-refractivity contribution in [2.75, 3.05) is 126 Å². The van der Waals surface area contributed by atoms with Gasteiger partial charge in [0.05, 0.1) is 30.3 Å². The molecule has 6 aliphatic heterocycles. The summed E-state index contributed by atoms with van der Waals surface area (Å²) in [5.74, 6) is 2.00. The molecule has 2 aromatic heterocycles. The quantitative estimate of drug-likeness (QED) is 0.0625. The lowest BCUT2D eigenvalue weighted by atomic mass is 9.91. The SMILES string of the molecule is CC(=O)N1CC(Nc2cc(C(=O)NC[C@@H](O)[C@@H]3Cc4ccc(O)cc4CN3)nc(N3CCN(C(C)C)CC3)n2)C1.COCOc1ccc2c(c1)CN(C(=O)OC(C)(C)C)[C@H]([C@H](O)CNC(=O)c1cc(NC3CN(C(C)=O)C3)nc(N3CCN(C(C)C)CC3)n1)C2. The Kier molecular flexibility index (Phi) is 21.9. The van der Waals surface area contributed by atoms with Crippen molar-refractivity contribution in [3.63, 3.8) is 0 Å². The van der Waals surface area contributed by atoms with Gasteiger partial charge in [-0.3, -0.25) is 33.9 Å². The first-order valence-electron chi connectivity index (χ1n) is 31.4. The number of piperazine rings is 2. The molecule has 8 heterocycles. The monoisotopic (exact) mass is 1250 g/mol. The van der Waals surface area contributed by atoms with Gasteiger partial charge in [-0.05, 0) is 108 Å². The summed E-state index contributed by atoms with van der Waals surface area (Å²) in [6, 6.07) is 14.2. The Morgan fingerprint density at radius 1 is 0.644 bits per heavy atom. The van der Waals surface area contributed by atoms with Crippen LogP contribution in [0.4, 0.5) is 28.3 Å². The molecule has 0 aliphatic carbocycles. The molecule has 0 bridgehead atoms. The zero-order valence-corrected chi connectivity index (χ0v) is 53.7. The highest BCUT2D eigenvalue weighted by Gasteiger charge is 2.38. The lowest BCUT2D eigenvalue weighted by Crippen LogP contribution is -2.56. The smallest absolute Gasteiger partial charge is 0.410 e. The van der Waals surface area contributed by atoms with Gasteiger partial charge in [-0.1, -0.05) is 12.1 Å². The van der Waals surface area contributed by atoms with Gasteiger partial charge in [-0.25, -0.2) is 14.8 Å². The first-order chi connectivity index (χ1) is 42.9. The van der Waals surface area contributed by atoms with Crippen LogP contribution in [0.15, 0.2) is 48.5 Å².